The number of rotatable bonds is 4. The lowest BCUT2D eigenvalue weighted by Gasteiger charge is -2.28. The molecule has 1 amide bonds. The van der Waals surface area contributed by atoms with Gasteiger partial charge in [0.1, 0.15) is 0 Å². The van der Waals surface area contributed by atoms with Crippen LogP contribution in [0, 0.1) is 0 Å². The van der Waals surface area contributed by atoms with Crippen LogP contribution < -0.4 is 4.90 Å². The summed E-state index contributed by atoms with van der Waals surface area (Å²) in [5, 5.41) is 12.4. The van der Waals surface area contributed by atoms with Gasteiger partial charge >= 0.3 is 0 Å². The molecule has 0 N–H and O–H groups in total. The molecule has 6 nitrogen and oxygen atoms in total. The van der Waals surface area contributed by atoms with Crippen molar-refractivity contribution in [3.8, 4) is 5.69 Å². The summed E-state index contributed by atoms with van der Waals surface area (Å²) < 4.78 is 1.65. The minimum atomic E-state index is 0.0698. The molecule has 1 aliphatic heterocycles. The van der Waals surface area contributed by atoms with E-state index >= 15 is 0 Å². The van der Waals surface area contributed by atoms with Gasteiger partial charge in [-0.15, -0.1) is 16.9 Å². The molecule has 2 aromatic carbocycles. The molecule has 0 fully saturated rings. The Bertz CT molecular complexity index is 884. The molecule has 1 aromatic heterocycles. The maximum atomic E-state index is 12.7. The first-order chi connectivity index (χ1) is 12.3. The molecule has 0 saturated heterocycles. The Morgan fingerprint density at radius 1 is 1.12 bits per heavy atom. The van der Waals surface area contributed by atoms with Crippen molar-refractivity contribution < 1.29 is 4.79 Å². The number of tetrazole rings is 1. The molecule has 126 valence electrons. The van der Waals surface area contributed by atoms with Gasteiger partial charge in [0.25, 0.3) is 0 Å². The topological polar surface area (TPSA) is 63.9 Å². The fourth-order valence-electron chi connectivity index (χ4n) is 2.63. The average Bonchev–Trinajstić information content (AvgIpc) is 3.15. The van der Waals surface area contributed by atoms with Crippen LogP contribution in [-0.2, 0) is 4.79 Å². The van der Waals surface area contributed by atoms with Gasteiger partial charge in [-0.25, -0.2) is 0 Å². The van der Waals surface area contributed by atoms with Crippen LogP contribution in [-0.4, -0.2) is 44.2 Å². The van der Waals surface area contributed by atoms with Gasteiger partial charge in [0.2, 0.25) is 11.1 Å². The minimum Gasteiger partial charge on any atom is -0.310 e. The smallest absolute Gasteiger partial charge is 0.237 e. The maximum absolute atomic E-state index is 12.7. The van der Waals surface area contributed by atoms with Crippen molar-refractivity contribution in [3.63, 3.8) is 0 Å². The molecule has 8 heteroatoms. The van der Waals surface area contributed by atoms with E-state index in [1.54, 1.807) is 16.4 Å². The van der Waals surface area contributed by atoms with E-state index in [0.29, 0.717) is 10.9 Å². The predicted octanol–water partition coefficient (Wildman–Crippen LogP) is 2.89. The summed E-state index contributed by atoms with van der Waals surface area (Å²) in [6, 6.07) is 17.7. The summed E-state index contributed by atoms with van der Waals surface area (Å²) in [4.78, 5) is 15.7. The van der Waals surface area contributed by atoms with Crippen LogP contribution in [0.4, 0.5) is 5.69 Å². The zero-order valence-electron chi connectivity index (χ0n) is 13.3. The second kappa shape index (κ2) is 7.28. The molecule has 1 aliphatic rings. The molecule has 2 heterocycles. The van der Waals surface area contributed by atoms with Gasteiger partial charge < -0.3 is 4.90 Å². The summed E-state index contributed by atoms with van der Waals surface area (Å²) in [7, 11) is 0. The Hall–Kier alpha value is -2.32. The maximum Gasteiger partial charge on any atom is 0.237 e. The Kier molecular flexibility index (Phi) is 4.71. The van der Waals surface area contributed by atoms with E-state index < -0.39 is 0 Å². The molecule has 3 aromatic rings. The fraction of sp³-hybridized carbons (Fsp3) is 0.176. The van der Waals surface area contributed by atoms with Crippen LogP contribution in [0.3, 0.4) is 0 Å². The number of amides is 1. The third kappa shape index (κ3) is 3.40. The number of carbonyl (C=O) groups excluding carboxylic acids is 1. The lowest BCUT2D eigenvalue weighted by Crippen LogP contribution is -2.36. The second-order valence-corrected chi connectivity index (χ2v) is 7.44. The SMILES string of the molecule is O=C(CSc1nnnn1-c1ccccc1)N1CCSc2ccccc21. The first-order valence-electron chi connectivity index (χ1n) is 7.82. The van der Waals surface area contributed by atoms with Crippen molar-refractivity contribution in [1.29, 1.82) is 0 Å². The third-order valence-corrected chi connectivity index (χ3v) is 5.74. The quantitative estimate of drug-likeness (QED) is 0.659. The molecule has 25 heavy (non-hydrogen) atoms. The number of para-hydroxylation sites is 2. The number of anilines is 1. The number of carbonyl (C=O) groups is 1. The molecule has 0 unspecified atom stereocenters. The van der Waals surface area contributed by atoms with E-state index in [0.717, 1.165) is 28.6 Å². The molecule has 0 saturated carbocycles. The highest BCUT2D eigenvalue weighted by Gasteiger charge is 2.23. The Balaban J connectivity index is 1.48. The van der Waals surface area contributed by atoms with Crippen LogP contribution in [0.2, 0.25) is 0 Å². The summed E-state index contributed by atoms with van der Waals surface area (Å²) in [6.45, 7) is 0.727. The number of fused-ring (bicyclic) bond motifs is 1. The van der Waals surface area contributed by atoms with Crippen molar-refractivity contribution >= 4 is 35.1 Å². The van der Waals surface area contributed by atoms with Gasteiger partial charge in [-0.3, -0.25) is 4.79 Å². The number of aromatic nitrogens is 4. The molecule has 0 bridgehead atoms. The van der Waals surface area contributed by atoms with Crippen molar-refractivity contribution in [2.45, 2.75) is 10.1 Å². The monoisotopic (exact) mass is 369 g/mol. The number of hydrogen-bond acceptors (Lipinski definition) is 6. The van der Waals surface area contributed by atoms with Crippen LogP contribution >= 0.6 is 23.5 Å². The molecule has 0 radical (unpaired) electrons. The summed E-state index contributed by atoms with van der Waals surface area (Å²) in [5.41, 5.74) is 1.87. The van der Waals surface area contributed by atoms with Gasteiger partial charge in [0.15, 0.2) is 0 Å². The second-order valence-electron chi connectivity index (χ2n) is 5.36. The van der Waals surface area contributed by atoms with Crippen LogP contribution in [0.15, 0.2) is 64.6 Å². The Labute approximate surface area is 153 Å². The molecule has 0 atom stereocenters. The lowest BCUT2D eigenvalue weighted by molar-refractivity contribution is -0.116. The molecule has 0 aliphatic carbocycles. The summed E-state index contributed by atoms with van der Waals surface area (Å²) in [5.74, 6) is 1.28. The molecular weight excluding hydrogens is 354 g/mol. The van der Waals surface area contributed by atoms with Crippen LogP contribution in [0.25, 0.3) is 5.69 Å². The summed E-state index contributed by atoms with van der Waals surface area (Å²) >= 11 is 3.14. The zero-order chi connectivity index (χ0) is 17.1. The number of nitrogens with zero attached hydrogens (tertiary/aromatic N) is 5. The van der Waals surface area contributed by atoms with Gasteiger partial charge in [-0.2, -0.15) is 4.68 Å². The molecule has 0 spiro atoms. The number of thioether (sulfide) groups is 2. The van der Waals surface area contributed by atoms with E-state index in [1.165, 1.54) is 11.8 Å². The van der Waals surface area contributed by atoms with E-state index in [2.05, 4.69) is 21.6 Å². The highest BCUT2D eigenvalue weighted by molar-refractivity contribution is 8.00. The largest absolute Gasteiger partial charge is 0.310 e. The Morgan fingerprint density at radius 2 is 1.92 bits per heavy atom. The van der Waals surface area contributed by atoms with E-state index in [-0.39, 0.29) is 5.91 Å². The molecular formula is C17H15N5OS2. The van der Waals surface area contributed by atoms with Crippen molar-refractivity contribution in [2.75, 3.05) is 23.0 Å². The first-order valence-corrected chi connectivity index (χ1v) is 9.79. The number of benzene rings is 2. The average molecular weight is 369 g/mol. The van der Waals surface area contributed by atoms with Crippen LogP contribution in [0.1, 0.15) is 0 Å². The van der Waals surface area contributed by atoms with Crippen molar-refractivity contribution in [2.24, 2.45) is 0 Å². The van der Waals surface area contributed by atoms with Gasteiger partial charge in [0, 0.05) is 17.2 Å². The van der Waals surface area contributed by atoms with E-state index in [4.69, 9.17) is 0 Å². The standard InChI is InChI=1S/C17H15N5OS2/c23-16(21-10-11-24-15-9-5-4-8-14(15)21)12-25-17-18-19-20-22(17)13-6-2-1-3-7-13/h1-9H,10-12H2. The van der Waals surface area contributed by atoms with Gasteiger partial charge in [-0.05, 0) is 34.7 Å². The van der Waals surface area contributed by atoms with Gasteiger partial charge in [0.05, 0.1) is 17.1 Å². The van der Waals surface area contributed by atoms with E-state index in [9.17, 15) is 4.79 Å². The van der Waals surface area contributed by atoms with Crippen molar-refractivity contribution in [1.82, 2.24) is 20.2 Å². The minimum absolute atomic E-state index is 0.0698. The number of hydrogen-bond donors (Lipinski definition) is 0. The normalized spacial score (nSPS) is 13.5. The highest BCUT2D eigenvalue weighted by Crippen LogP contribution is 2.34. The fourth-order valence-corrected chi connectivity index (χ4v) is 4.39. The van der Waals surface area contributed by atoms with Crippen molar-refractivity contribution in [3.05, 3.63) is 54.6 Å². The first kappa shape index (κ1) is 16.2. The lowest BCUT2D eigenvalue weighted by atomic mass is 10.3. The third-order valence-electron chi connectivity index (χ3n) is 3.80. The molecule has 4 rings (SSSR count). The highest BCUT2D eigenvalue weighted by atomic mass is 32.2. The van der Waals surface area contributed by atoms with Crippen LogP contribution in [0.5, 0.6) is 0 Å². The zero-order valence-corrected chi connectivity index (χ0v) is 14.9. The van der Waals surface area contributed by atoms with Gasteiger partial charge in [-0.1, -0.05) is 42.1 Å². The predicted molar refractivity (Wildman–Crippen MR) is 99.4 cm³/mol. The summed E-state index contributed by atoms with van der Waals surface area (Å²) in [6.07, 6.45) is 0. The van der Waals surface area contributed by atoms with E-state index in [1.807, 2.05) is 53.4 Å². The Morgan fingerprint density at radius 3 is 2.80 bits per heavy atom.